The molecule has 7 nitrogen and oxygen atoms in total. The third-order valence-electron chi connectivity index (χ3n) is 4.00. The minimum Gasteiger partial charge on any atom is -0.363 e. The first-order valence-electron chi connectivity index (χ1n) is 7.72. The highest BCUT2D eigenvalue weighted by atomic mass is 15.3. The molecule has 0 aromatic carbocycles. The van der Waals surface area contributed by atoms with Crippen molar-refractivity contribution in [1.29, 1.82) is 0 Å². The summed E-state index contributed by atoms with van der Waals surface area (Å²) in [6, 6.07) is 2.01. The average molecular weight is 301 g/mol. The van der Waals surface area contributed by atoms with Gasteiger partial charge in [0.15, 0.2) is 0 Å². The minimum absolute atomic E-state index is 0.558. The zero-order valence-electron chi connectivity index (χ0n) is 13.5. The highest BCUT2D eigenvalue weighted by Crippen LogP contribution is 2.23. The molecular formula is C15H23N7. The van der Waals surface area contributed by atoms with Crippen molar-refractivity contribution in [2.75, 3.05) is 37.0 Å². The van der Waals surface area contributed by atoms with Crippen LogP contribution in [0, 0.1) is 12.8 Å². The molecule has 22 heavy (non-hydrogen) atoms. The lowest BCUT2D eigenvalue weighted by Gasteiger charge is -2.33. The summed E-state index contributed by atoms with van der Waals surface area (Å²) in [4.78, 5) is 17.7. The predicted octanol–water partition coefficient (Wildman–Crippen LogP) is 1.36. The smallest absolute Gasteiger partial charge is 0.227 e. The maximum atomic E-state index is 4.69. The Morgan fingerprint density at radius 3 is 2.91 bits per heavy atom. The molecule has 3 rings (SSSR count). The Bertz CT molecular complexity index is 608. The number of hydrogen-bond acceptors (Lipinski definition) is 6. The summed E-state index contributed by atoms with van der Waals surface area (Å²) in [6.07, 6.45) is 5.75. The van der Waals surface area contributed by atoms with Gasteiger partial charge in [-0.05, 0) is 25.7 Å². The molecule has 2 aromatic rings. The van der Waals surface area contributed by atoms with Crippen molar-refractivity contribution in [2.24, 2.45) is 5.92 Å². The van der Waals surface area contributed by atoms with Crippen LogP contribution in [-0.2, 0) is 6.54 Å². The molecule has 1 atom stereocenters. The van der Waals surface area contributed by atoms with E-state index in [2.05, 4.69) is 20.0 Å². The Morgan fingerprint density at radius 1 is 1.32 bits per heavy atom. The van der Waals surface area contributed by atoms with Crippen molar-refractivity contribution in [3.05, 3.63) is 24.4 Å². The van der Waals surface area contributed by atoms with Gasteiger partial charge in [0.2, 0.25) is 5.95 Å². The molecule has 7 heteroatoms. The van der Waals surface area contributed by atoms with Crippen molar-refractivity contribution >= 4 is 11.8 Å². The summed E-state index contributed by atoms with van der Waals surface area (Å²) in [7, 11) is 4.02. The van der Waals surface area contributed by atoms with Gasteiger partial charge in [-0.25, -0.2) is 9.97 Å². The van der Waals surface area contributed by atoms with Crippen LogP contribution in [-0.4, -0.2) is 51.9 Å². The Balaban J connectivity index is 1.74. The third kappa shape index (κ3) is 3.35. The average Bonchev–Trinajstić information content (AvgIpc) is 3.00. The van der Waals surface area contributed by atoms with E-state index in [0.717, 1.165) is 43.5 Å². The van der Waals surface area contributed by atoms with Crippen LogP contribution in [0.1, 0.15) is 18.5 Å². The summed E-state index contributed by atoms with van der Waals surface area (Å²) in [5, 5.41) is 4.21. The van der Waals surface area contributed by atoms with Gasteiger partial charge in [-0.2, -0.15) is 10.1 Å². The van der Waals surface area contributed by atoms with E-state index in [9.17, 15) is 0 Å². The Morgan fingerprint density at radius 2 is 2.18 bits per heavy atom. The van der Waals surface area contributed by atoms with Crippen LogP contribution in [0.2, 0.25) is 0 Å². The topological polar surface area (TPSA) is 63.0 Å². The van der Waals surface area contributed by atoms with E-state index in [1.165, 1.54) is 6.42 Å². The fraction of sp³-hybridized carbons (Fsp3) is 0.600. The van der Waals surface area contributed by atoms with Crippen LogP contribution in [0.25, 0.3) is 0 Å². The maximum absolute atomic E-state index is 4.69. The number of hydrogen-bond donors (Lipinski definition) is 0. The Labute approximate surface area is 131 Å². The van der Waals surface area contributed by atoms with Gasteiger partial charge in [0.05, 0.1) is 0 Å². The lowest BCUT2D eigenvalue weighted by molar-refractivity contribution is 0.349. The lowest BCUT2D eigenvalue weighted by Crippen LogP contribution is -2.38. The van der Waals surface area contributed by atoms with Gasteiger partial charge in [0.25, 0.3) is 0 Å². The van der Waals surface area contributed by atoms with Crippen LogP contribution in [0.4, 0.5) is 11.8 Å². The standard InChI is InChI=1S/C15H23N7/c1-12-7-14(20(2)3)19-15(18-12)21-6-4-5-13(8-21)9-22-11-16-10-17-22/h7,10-11,13H,4-6,8-9H2,1-3H3. The number of piperidine rings is 1. The Hall–Kier alpha value is -2.18. The Kier molecular flexibility index (Phi) is 4.22. The summed E-state index contributed by atoms with van der Waals surface area (Å²) in [5.41, 5.74) is 1.01. The van der Waals surface area contributed by atoms with E-state index >= 15 is 0 Å². The van der Waals surface area contributed by atoms with E-state index < -0.39 is 0 Å². The summed E-state index contributed by atoms with van der Waals surface area (Å²) in [5.74, 6) is 2.36. The highest BCUT2D eigenvalue weighted by Gasteiger charge is 2.23. The molecule has 1 aliphatic rings. The number of anilines is 2. The first-order chi connectivity index (χ1) is 10.6. The number of nitrogens with zero attached hydrogens (tertiary/aromatic N) is 7. The summed E-state index contributed by atoms with van der Waals surface area (Å²) >= 11 is 0. The van der Waals surface area contributed by atoms with Crippen LogP contribution < -0.4 is 9.80 Å². The largest absolute Gasteiger partial charge is 0.363 e. The van der Waals surface area contributed by atoms with Gasteiger partial charge >= 0.3 is 0 Å². The third-order valence-corrected chi connectivity index (χ3v) is 4.00. The van der Waals surface area contributed by atoms with E-state index in [0.29, 0.717) is 5.92 Å². The molecule has 2 aromatic heterocycles. The number of aromatic nitrogens is 5. The van der Waals surface area contributed by atoms with Crippen LogP contribution >= 0.6 is 0 Å². The molecule has 0 amide bonds. The van der Waals surface area contributed by atoms with Gasteiger partial charge in [-0.15, -0.1) is 0 Å². The maximum Gasteiger partial charge on any atom is 0.227 e. The first-order valence-corrected chi connectivity index (χ1v) is 7.72. The molecule has 1 unspecified atom stereocenters. The SMILES string of the molecule is Cc1cc(N(C)C)nc(N2CCCC(Cn3cncn3)C2)n1. The van der Waals surface area contributed by atoms with Crippen molar-refractivity contribution in [3.63, 3.8) is 0 Å². The predicted molar refractivity (Wildman–Crippen MR) is 86.1 cm³/mol. The first kappa shape index (κ1) is 14.7. The number of aryl methyl sites for hydroxylation is 1. The van der Waals surface area contributed by atoms with Gasteiger partial charge < -0.3 is 9.80 Å². The van der Waals surface area contributed by atoms with E-state index in [1.54, 1.807) is 12.7 Å². The molecule has 1 fully saturated rings. The molecule has 1 aliphatic heterocycles. The molecule has 0 spiro atoms. The second-order valence-corrected chi connectivity index (χ2v) is 6.13. The second-order valence-electron chi connectivity index (χ2n) is 6.13. The summed E-state index contributed by atoms with van der Waals surface area (Å²) in [6.45, 7) is 4.91. The molecule has 0 aliphatic carbocycles. The fourth-order valence-electron chi connectivity index (χ4n) is 2.89. The quantitative estimate of drug-likeness (QED) is 0.849. The summed E-state index contributed by atoms with van der Waals surface area (Å²) < 4.78 is 1.91. The van der Waals surface area contributed by atoms with Gasteiger partial charge in [0.1, 0.15) is 18.5 Å². The van der Waals surface area contributed by atoms with Crippen molar-refractivity contribution in [1.82, 2.24) is 24.7 Å². The molecule has 0 bridgehead atoms. The number of rotatable bonds is 4. The van der Waals surface area contributed by atoms with Crippen LogP contribution in [0.5, 0.6) is 0 Å². The monoisotopic (exact) mass is 301 g/mol. The van der Waals surface area contributed by atoms with E-state index in [1.807, 2.05) is 36.7 Å². The van der Waals surface area contributed by atoms with E-state index in [4.69, 9.17) is 4.98 Å². The lowest BCUT2D eigenvalue weighted by atomic mass is 9.98. The molecule has 0 N–H and O–H groups in total. The van der Waals surface area contributed by atoms with Gasteiger partial charge in [0, 0.05) is 45.5 Å². The fourth-order valence-corrected chi connectivity index (χ4v) is 2.89. The zero-order chi connectivity index (χ0) is 15.5. The van der Waals surface area contributed by atoms with E-state index in [-0.39, 0.29) is 0 Å². The van der Waals surface area contributed by atoms with Crippen LogP contribution in [0.15, 0.2) is 18.7 Å². The molecule has 3 heterocycles. The molecule has 0 radical (unpaired) electrons. The van der Waals surface area contributed by atoms with Gasteiger partial charge in [-0.1, -0.05) is 0 Å². The van der Waals surface area contributed by atoms with Crippen molar-refractivity contribution in [3.8, 4) is 0 Å². The normalized spacial score (nSPS) is 18.5. The molecular weight excluding hydrogens is 278 g/mol. The van der Waals surface area contributed by atoms with Gasteiger partial charge in [-0.3, -0.25) is 4.68 Å². The molecule has 118 valence electrons. The molecule has 0 saturated carbocycles. The van der Waals surface area contributed by atoms with Crippen molar-refractivity contribution < 1.29 is 0 Å². The minimum atomic E-state index is 0.558. The van der Waals surface area contributed by atoms with Crippen molar-refractivity contribution in [2.45, 2.75) is 26.3 Å². The zero-order valence-corrected chi connectivity index (χ0v) is 13.5. The van der Waals surface area contributed by atoms with Crippen LogP contribution in [0.3, 0.4) is 0 Å². The highest BCUT2D eigenvalue weighted by molar-refractivity contribution is 5.45. The second kappa shape index (κ2) is 6.29. The molecule has 1 saturated heterocycles.